The maximum absolute atomic E-state index is 6.55. The van der Waals surface area contributed by atoms with Gasteiger partial charge in [0, 0.05) is 18.6 Å². The number of benzene rings is 1. The third-order valence-corrected chi connectivity index (χ3v) is 4.65. The third kappa shape index (κ3) is 2.19. The predicted molar refractivity (Wildman–Crippen MR) is 75.8 cm³/mol. The van der Waals surface area contributed by atoms with E-state index in [-0.39, 0.29) is 12.1 Å². The van der Waals surface area contributed by atoms with Crippen molar-refractivity contribution in [2.45, 2.75) is 53.2 Å². The summed E-state index contributed by atoms with van der Waals surface area (Å²) in [4.78, 5) is 0. The van der Waals surface area contributed by atoms with Crippen LogP contribution in [-0.2, 0) is 4.74 Å². The summed E-state index contributed by atoms with van der Waals surface area (Å²) in [7, 11) is 0. The first-order valence-corrected chi connectivity index (χ1v) is 6.88. The summed E-state index contributed by atoms with van der Waals surface area (Å²) < 4.78 is 5.67. The molecular formula is C16H25NO. The third-order valence-electron chi connectivity index (χ3n) is 4.65. The van der Waals surface area contributed by atoms with E-state index in [4.69, 9.17) is 10.5 Å². The van der Waals surface area contributed by atoms with Crippen LogP contribution in [-0.4, -0.2) is 12.7 Å². The highest BCUT2D eigenvalue weighted by Gasteiger charge is 2.32. The van der Waals surface area contributed by atoms with Crippen molar-refractivity contribution < 1.29 is 4.74 Å². The van der Waals surface area contributed by atoms with E-state index < -0.39 is 0 Å². The van der Waals surface area contributed by atoms with Crippen LogP contribution in [0.4, 0.5) is 0 Å². The molecule has 1 aliphatic heterocycles. The Hall–Kier alpha value is -0.860. The van der Waals surface area contributed by atoms with Crippen LogP contribution in [0.15, 0.2) is 6.07 Å². The molecule has 2 rings (SSSR count). The fourth-order valence-electron chi connectivity index (χ4n) is 3.18. The summed E-state index contributed by atoms with van der Waals surface area (Å²) in [6.45, 7) is 11.7. The molecule has 2 N–H and O–H groups in total. The first-order valence-electron chi connectivity index (χ1n) is 6.88. The highest BCUT2D eigenvalue weighted by molar-refractivity contribution is 5.46. The van der Waals surface area contributed by atoms with Crippen molar-refractivity contribution in [1.82, 2.24) is 0 Å². The van der Waals surface area contributed by atoms with Crippen LogP contribution in [0.5, 0.6) is 0 Å². The van der Waals surface area contributed by atoms with Gasteiger partial charge in [-0.2, -0.15) is 0 Å². The van der Waals surface area contributed by atoms with Gasteiger partial charge >= 0.3 is 0 Å². The molecule has 1 heterocycles. The van der Waals surface area contributed by atoms with E-state index in [0.29, 0.717) is 5.92 Å². The van der Waals surface area contributed by atoms with Crippen molar-refractivity contribution in [3.63, 3.8) is 0 Å². The van der Waals surface area contributed by atoms with E-state index in [1.54, 1.807) is 0 Å². The van der Waals surface area contributed by atoms with E-state index in [0.717, 1.165) is 13.0 Å². The van der Waals surface area contributed by atoms with Gasteiger partial charge in [-0.3, -0.25) is 0 Å². The van der Waals surface area contributed by atoms with E-state index in [9.17, 15) is 0 Å². The minimum Gasteiger partial charge on any atom is -0.378 e. The second-order valence-electron chi connectivity index (χ2n) is 5.73. The molecule has 1 saturated heterocycles. The van der Waals surface area contributed by atoms with E-state index in [2.05, 4.69) is 40.7 Å². The van der Waals surface area contributed by atoms with Crippen molar-refractivity contribution in [1.29, 1.82) is 0 Å². The largest absolute Gasteiger partial charge is 0.378 e. The van der Waals surface area contributed by atoms with Gasteiger partial charge in [-0.1, -0.05) is 6.07 Å². The average molecular weight is 247 g/mol. The zero-order valence-corrected chi connectivity index (χ0v) is 12.2. The molecule has 3 unspecified atom stereocenters. The number of rotatable bonds is 2. The highest BCUT2D eigenvalue weighted by atomic mass is 16.5. The number of nitrogens with two attached hydrogens (primary N) is 1. The maximum atomic E-state index is 6.55. The quantitative estimate of drug-likeness (QED) is 0.870. The first-order chi connectivity index (χ1) is 8.43. The van der Waals surface area contributed by atoms with E-state index >= 15 is 0 Å². The van der Waals surface area contributed by atoms with Crippen molar-refractivity contribution >= 4 is 0 Å². The number of hydrogen-bond acceptors (Lipinski definition) is 2. The van der Waals surface area contributed by atoms with Gasteiger partial charge in [0.25, 0.3) is 0 Å². The second-order valence-corrected chi connectivity index (χ2v) is 5.73. The van der Waals surface area contributed by atoms with Crippen LogP contribution in [0.3, 0.4) is 0 Å². The Morgan fingerprint density at radius 2 is 1.72 bits per heavy atom. The lowest BCUT2D eigenvalue weighted by molar-refractivity contribution is 0.0994. The number of aryl methyl sites for hydroxylation is 2. The smallest absolute Gasteiger partial charge is 0.0594 e. The van der Waals surface area contributed by atoms with Gasteiger partial charge in [0.2, 0.25) is 0 Å². The Kier molecular flexibility index (Phi) is 3.79. The summed E-state index contributed by atoms with van der Waals surface area (Å²) in [5, 5.41) is 0. The molecule has 2 nitrogen and oxygen atoms in total. The zero-order chi connectivity index (χ0) is 13.4. The van der Waals surface area contributed by atoms with Gasteiger partial charge < -0.3 is 10.5 Å². The van der Waals surface area contributed by atoms with Gasteiger partial charge in [-0.05, 0) is 68.9 Å². The summed E-state index contributed by atoms with van der Waals surface area (Å²) in [5.74, 6) is 0.448. The molecule has 0 aromatic heterocycles. The lowest BCUT2D eigenvalue weighted by atomic mass is 9.82. The summed E-state index contributed by atoms with van der Waals surface area (Å²) >= 11 is 0. The molecule has 1 aromatic carbocycles. The van der Waals surface area contributed by atoms with Crippen molar-refractivity contribution in [3.05, 3.63) is 33.9 Å². The van der Waals surface area contributed by atoms with Crippen LogP contribution in [0.2, 0.25) is 0 Å². The SMILES string of the molecule is Cc1cc(C)c(C)c(C(N)C2CCOC2C)c1C. The maximum Gasteiger partial charge on any atom is 0.0594 e. The highest BCUT2D eigenvalue weighted by Crippen LogP contribution is 2.36. The molecule has 1 fully saturated rings. The lowest BCUT2D eigenvalue weighted by Gasteiger charge is -2.27. The standard InChI is InChI=1S/C16H25NO/c1-9-8-10(2)12(4)15(11(9)3)16(17)14-6-7-18-13(14)5/h8,13-14,16H,6-7,17H2,1-5H3. The molecule has 18 heavy (non-hydrogen) atoms. The molecule has 0 amide bonds. The lowest BCUT2D eigenvalue weighted by Crippen LogP contribution is -2.28. The van der Waals surface area contributed by atoms with Crippen molar-refractivity contribution in [2.24, 2.45) is 11.7 Å². The Balaban J connectivity index is 2.44. The molecule has 100 valence electrons. The van der Waals surface area contributed by atoms with Crippen LogP contribution < -0.4 is 5.73 Å². The number of ether oxygens (including phenoxy) is 1. The molecule has 1 aliphatic rings. The molecule has 0 radical (unpaired) electrons. The Morgan fingerprint density at radius 3 is 2.17 bits per heavy atom. The van der Waals surface area contributed by atoms with Gasteiger partial charge in [0.15, 0.2) is 0 Å². The van der Waals surface area contributed by atoms with Gasteiger partial charge in [-0.25, -0.2) is 0 Å². The molecule has 0 bridgehead atoms. The normalized spacial score (nSPS) is 25.4. The minimum absolute atomic E-state index is 0.0982. The van der Waals surface area contributed by atoms with Crippen LogP contribution >= 0.6 is 0 Å². The van der Waals surface area contributed by atoms with Gasteiger partial charge in [0.05, 0.1) is 6.10 Å². The molecule has 1 aromatic rings. The molecule has 0 saturated carbocycles. The van der Waals surface area contributed by atoms with Gasteiger partial charge in [0.1, 0.15) is 0 Å². The average Bonchev–Trinajstić information content (AvgIpc) is 2.73. The molecule has 0 aliphatic carbocycles. The predicted octanol–water partition coefficient (Wildman–Crippen LogP) is 3.35. The summed E-state index contributed by atoms with van der Waals surface area (Å²) in [5.41, 5.74) is 13.3. The van der Waals surface area contributed by atoms with Crippen molar-refractivity contribution in [3.8, 4) is 0 Å². The Morgan fingerprint density at radius 1 is 1.17 bits per heavy atom. The second kappa shape index (κ2) is 5.02. The Labute approximate surface area is 111 Å². The summed E-state index contributed by atoms with van der Waals surface area (Å²) in [6, 6.07) is 2.36. The molecule has 0 spiro atoms. The van der Waals surface area contributed by atoms with Crippen molar-refractivity contribution in [2.75, 3.05) is 6.61 Å². The van der Waals surface area contributed by atoms with E-state index in [1.807, 2.05) is 0 Å². The first kappa shape index (κ1) is 13.6. The number of hydrogen-bond donors (Lipinski definition) is 1. The minimum atomic E-state index is 0.0982. The fraction of sp³-hybridized carbons (Fsp3) is 0.625. The molecule has 3 atom stereocenters. The van der Waals surface area contributed by atoms with Gasteiger partial charge in [-0.15, -0.1) is 0 Å². The van der Waals surface area contributed by atoms with E-state index in [1.165, 1.54) is 27.8 Å². The zero-order valence-electron chi connectivity index (χ0n) is 12.2. The van der Waals surface area contributed by atoms with Crippen LogP contribution in [0, 0.1) is 33.6 Å². The summed E-state index contributed by atoms with van der Waals surface area (Å²) in [6.07, 6.45) is 1.36. The Bertz CT molecular complexity index is 427. The fourth-order valence-corrected chi connectivity index (χ4v) is 3.18. The molecular weight excluding hydrogens is 222 g/mol. The van der Waals surface area contributed by atoms with Crippen LogP contribution in [0.25, 0.3) is 0 Å². The topological polar surface area (TPSA) is 35.2 Å². The van der Waals surface area contributed by atoms with Crippen LogP contribution in [0.1, 0.15) is 47.2 Å². The monoisotopic (exact) mass is 247 g/mol. The molecule has 2 heteroatoms.